The van der Waals surface area contributed by atoms with Crippen molar-refractivity contribution in [1.82, 2.24) is 15.5 Å². The molecular formula is C14H16BrN3O. The average Bonchev–Trinajstić information content (AvgIpc) is 2.87. The van der Waals surface area contributed by atoms with Crippen LogP contribution in [0.5, 0.6) is 0 Å². The van der Waals surface area contributed by atoms with Crippen LogP contribution >= 0.6 is 15.9 Å². The lowest BCUT2D eigenvalue weighted by Crippen LogP contribution is -2.41. The van der Waals surface area contributed by atoms with Gasteiger partial charge >= 0.3 is 0 Å². The second kappa shape index (κ2) is 5.84. The van der Waals surface area contributed by atoms with Gasteiger partial charge in [-0.15, -0.1) is 0 Å². The molecule has 0 aliphatic heterocycles. The maximum Gasteiger partial charge on any atom is 0.227 e. The third kappa shape index (κ3) is 3.04. The molecule has 0 unspecified atom stereocenters. The number of hydrogen-bond acceptors (Lipinski definition) is 4. The summed E-state index contributed by atoms with van der Waals surface area (Å²) in [6, 6.07) is 9.11. The molecule has 1 aromatic heterocycles. The molecule has 1 saturated carbocycles. The smallest absolute Gasteiger partial charge is 0.227 e. The van der Waals surface area contributed by atoms with Crippen LogP contribution in [0.25, 0.3) is 0 Å². The van der Waals surface area contributed by atoms with E-state index in [4.69, 9.17) is 4.52 Å². The van der Waals surface area contributed by atoms with Crippen LogP contribution in [0.2, 0.25) is 0 Å². The summed E-state index contributed by atoms with van der Waals surface area (Å²) >= 11 is 3.62. The van der Waals surface area contributed by atoms with E-state index in [1.54, 1.807) is 0 Å². The molecule has 1 heterocycles. The molecule has 5 heteroatoms. The molecule has 1 N–H and O–H groups in total. The zero-order valence-corrected chi connectivity index (χ0v) is 12.1. The zero-order valence-electron chi connectivity index (χ0n) is 10.6. The van der Waals surface area contributed by atoms with Gasteiger partial charge in [0, 0.05) is 23.5 Å². The van der Waals surface area contributed by atoms with Gasteiger partial charge in [0.25, 0.3) is 0 Å². The fraction of sp³-hybridized carbons (Fsp3) is 0.429. The predicted octanol–water partition coefficient (Wildman–Crippen LogP) is 2.91. The van der Waals surface area contributed by atoms with Crippen LogP contribution in [0.4, 0.5) is 0 Å². The number of aromatic nitrogens is 2. The maximum absolute atomic E-state index is 4.97. The summed E-state index contributed by atoms with van der Waals surface area (Å²) in [5.74, 6) is 1.38. The summed E-state index contributed by atoms with van der Waals surface area (Å²) in [5.41, 5.74) is 1.43. The minimum atomic E-state index is 0.611. The highest BCUT2D eigenvalue weighted by atomic mass is 79.9. The van der Waals surface area contributed by atoms with Crippen molar-refractivity contribution in [3.8, 4) is 0 Å². The summed E-state index contributed by atoms with van der Waals surface area (Å²) in [6.07, 6.45) is 4.65. The number of halogens is 1. The van der Waals surface area contributed by atoms with Crippen molar-refractivity contribution < 1.29 is 4.52 Å². The maximum atomic E-state index is 4.97. The third-order valence-electron chi connectivity index (χ3n) is 3.66. The molecular weight excluding hydrogens is 306 g/mol. The monoisotopic (exact) mass is 321 g/mol. The van der Waals surface area contributed by atoms with Gasteiger partial charge in [-0.1, -0.05) is 39.3 Å². The van der Waals surface area contributed by atoms with E-state index in [-0.39, 0.29) is 0 Å². The van der Waals surface area contributed by atoms with Gasteiger partial charge < -0.3 is 9.84 Å². The largest absolute Gasteiger partial charge is 0.340 e. The van der Waals surface area contributed by atoms with E-state index in [0.29, 0.717) is 17.9 Å². The highest BCUT2D eigenvalue weighted by Gasteiger charge is 2.30. The lowest BCUT2D eigenvalue weighted by molar-refractivity contribution is 0.286. The van der Waals surface area contributed by atoms with Crippen molar-refractivity contribution in [2.24, 2.45) is 0 Å². The van der Waals surface area contributed by atoms with Crippen LogP contribution in [0.3, 0.4) is 0 Å². The SMILES string of the molecule is Brc1ccccc1C1CC(NCCc2ncno2)C1. The van der Waals surface area contributed by atoms with Crippen molar-refractivity contribution in [3.05, 3.63) is 46.5 Å². The lowest BCUT2D eigenvalue weighted by Gasteiger charge is -2.36. The first-order chi connectivity index (χ1) is 9.33. The van der Waals surface area contributed by atoms with Crippen LogP contribution in [-0.4, -0.2) is 22.7 Å². The number of hydrogen-bond donors (Lipinski definition) is 1. The quantitative estimate of drug-likeness (QED) is 0.920. The van der Waals surface area contributed by atoms with Gasteiger partial charge in [0.05, 0.1) is 0 Å². The minimum absolute atomic E-state index is 0.611. The van der Waals surface area contributed by atoms with Crippen molar-refractivity contribution >= 4 is 15.9 Å². The zero-order chi connectivity index (χ0) is 13.1. The van der Waals surface area contributed by atoms with Crippen LogP contribution < -0.4 is 5.32 Å². The van der Waals surface area contributed by atoms with Crippen molar-refractivity contribution in [1.29, 1.82) is 0 Å². The second-order valence-electron chi connectivity index (χ2n) is 4.93. The summed E-state index contributed by atoms with van der Waals surface area (Å²) in [7, 11) is 0. The highest BCUT2D eigenvalue weighted by molar-refractivity contribution is 9.10. The third-order valence-corrected chi connectivity index (χ3v) is 4.38. The van der Waals surface area contributed by atoms with Crippen LogP contribution in [-0.2, 0) is 6.42 Å². The Balaban J connectivity index is 1.42. The Morgan fingerprint density at radius 1 is 1.32 bits per heavy atom. The molecule has 0 radical (unpaired) electrons. The van der Waals surface area contributed by atoms with Gasteiger partial charge in [-0.25, -0.2) is 0 Å². The number of benzene rings is 1. The normalized spacial score (nSPS) is 22.2. The van der Waals surface area contributed by atoms with Crippen molar-refractivity contribution in [2.45, 2.75) is 31.2 Å². The Bertz CT molecular complexity index is 523. The molecule has 0 atom stereocenters. The van der Waals surface area contributed by atoms with E-state index in [0.717, 1.165) is 13.0 Å². The minimum Gasteiger partial charge on any atom is -0.340 e. The van der Waals surface area contributed by atoms with Crippen LogP contribution in [0.1, 0.15) is 30.2 Å². The molecule has 1 fully saturated rings. The molecule has 0 saturated heterocycles. The van der Waals surface area contributed by atoms with Crippen LogP contribution in [0, 0.1) is 0 Å². The molecule has 0 bridgehead atoms. The predicted molar refractivity (Wildman–Crippen MR) is 75.9 cm³/mol. The Labute approximate surface area is 120 Å². The molecule has 0 spiro atoms. The van der Waals surface area contributed by atoms with E-state index >= 15 is 0 Å². The van der Waals surface area contributed by atoms with Crippen molar-refractivity contribution in [3.63, 3.8) is 0 Å². The number of nitrogens with zero attached hydrogens (tertiary/aromatic N) is 2. The standard InChI is InChI=1S/C14H16BrN3O/c15-13-4-2-1-3-12(13)10-7-11(8-10)16-6-5-14-17-9-18-19-14/h1-4,9-11,16H,5-8H2. The summed E-state index contributed by atoms with van der Waals surface area (Å²) in [5, 5.41) is 7.13. The van der Waals surface area contributed by atoms with E-state index in [1.807, 2.05) is 0 Å². The molecule has 3 rings (SSSR count). The van der Waals surface area contributed by atoms with E-state index in [1.165, 1.54) is 29.2 Å². The first kappa shape index (κ1) is 12.8. The molecule has 100 valence electrons. The lowest BCUT2D eigenvalue weighted by atomic mass is 9.76. The van der Waals surface area contributed by atoms with E-state index in [2.05, 4.69) is 55.7 Å². The number of rotatable bonds is 5. The molecule has 1 aliphatic rings. The van der Waals surface area contributed by atoms with Crippen LogP contribution in [0.15, 0.2) is 39.6 Å². The highest BCUT2D eigenvalue weighted by Crippen LogP contribution is 2.39. The molecule has 1 aromatic carbocycles. The summed E-state index contributed by atoms with van der Waals surface area (Å²) in [4.78, 5) is 4.01. The Morgan fingerprint density at radius 2 is 2.16 bits per heavy atom. The Kier molecular flexibility index (Phi) is 3.94. The fourth-order valence-electron chi connectivity index (χ4n) is 2.53. The van der Waals surface area contributed by atoms with Gasteiger partial charge in [0.2, 0.25) is 5.89 Å². The van der Waals surface area contributed by atoms with Gasteiger partial charge in [0.1, 0.15) is 0 Å². The Morgan fingerprint density at radius 3 is 2.89 bits per heavy atom. The van der Waals surface area contributed by atoms with Gasteiger partial charge in [-0.3, -0.25) is 0 Å². The van der Waals surface area contributed by atoms with Gasteiger partial charge in [0.15, 0.2) is 6.33 Å². The van der Waals surface area contributed by atoms with Gasteiger partial charge in [-0.05, 0) is 30.4 Å². The van der Waals surface area contributed by atoms with Crippen molar-refractivity contribution in [2.75, 3.05) is 6.54 Å². The average molecular weight is 322 g/mol. The van der Waals surface area contributed by atoms with E-state index in [9.17, 15) is 0 Å². The summed E-state index contributed by atoms with van der Waals surface area (Å²) in [6.45, 7) is 0.898. The Hall–Kier alpha value is -1.20. The topological polar surface area (TPSA) is 51.0 Å². The molecule has 4 nitrogen and oxygen atoms in total. The molecule has 19 heavy (non-hydrogen) atoms. The second-order valence-corrected chi connectivity index (χ2v) is 5.78. The molecule has 1 aliphatic carbocycles. The first-order valence-electron chi connectivity index (χ1n) is 6.56. The van der Waals surface area contributed by atoms with E-state index < -0.39 is 0 Å². The first-order valence-corrected chi connectivity index (χ1v) is 7.35. The molecule has 0 amide bonds. The molecule has 2 aromatic rings. The summed E-state index contributed by atoms with van der Waals surface area (Å²) < 4.78 is 6.19. The number of nitrogens with one attached hydrogen (secondary N) is 1. The van der Waals surface area contributed by atoms with Gasteiger partial charge in [-0.2, -0.15) is 4.98 Å². The fourth-order valence-corrected chi connectivity index (χ4v) is 3.14.